The molecule has 2 rings (SSSR count). The van der Waals surface area contributed by atoms with E-state index in [-0.39, 0.29) is 12.4 Å². The van der Waals surface area contributed by atoms with Gasteiger partial charge in [0.15, 0.2) is 0 Å². The summed E-state index contributed by atoms with van der Waals surface area (Å²) in [4.78, 5) is 0. The van der Waals surface area contributed by atoms with E-state index >= 15 is 0 Å². The van der Waals surface area contributed by atoms with Crippen LogP contribution in [0.5, 0.6) is 0 Å². The van der Waals surface area contributed by atoms with Gasteiger partial charge in [0.1, 0.15) is 6.23 Å². The highest BCUT2D eigenvalue weighted by Gasteiger charge is 2.35. The third kappa shape index (κ3) is 1.62. The highest BCUT2D eigenvalue weighted by molar-refractivity contribution is 5.85. The van der Waals surface area contributed by atoms with Gasteiger partial charge in [-0.2, -0.15) is 0 Å². The summed E-state index contributed by atoms with van der Waals surface area (Å²) in [7, 11) is 0. The van der Waals surface area contributed by atoms with Crippen LogP contribution in [0.25, 0.3) is 0 Å². The van der Waals surface area contributed by atoms with Crippen molar-refractivity contribution in [2.24, 2.45) is 5.92 Å². The molecule has 0 aromatic rings. The highest BCUT2D eigenvalue weighted by Crippen LogP contribution is 2.34. The summed E-state index contributed by atoms with van der Waals surface area (Å²) < 4.78 is 5.48. The molecule has 1 saturated carbocycles. The van der Waals surface area contributed by atoms with Gasteiger partial charge in [0.25, 0.3) is 0 Å². The molecule has 3 heteroatoms. The van der Waals surface area contributed by atoms with Crippen LogP contribution in [0.3, 0.4) is 0 Å². The van der Waals surface area contributed by atoms with Crippen molar-refractivity contribution in [3.8, 4) is 0 Å². The molecule has 0 aromatic heterocycles. The van der Waals surface area contributed by atoms with E-state index in [4.69, 9.17) is 4.74 Å². The molecule has 2 nitrogen and oxygen atoms in total. The number of halogens is 1. The molecule has 2 atom stereocenters. The Morgan fingerprint density at radius 3 is 2.50 bits per heavy atom. The maximum atomic E-state index is 5.48. The van der Waals surface area contributed by atoms with Crippen LogP contribution in [-0.2, 0) is 4.74 Å². The molecular weight excluding hydrogens is 150 g/mol. The Balaban J connectivity index is 0.000000500. The Morgan fingerprint density at radius 1 is 1.40 bits per heavy atom. The lowest BCUT2D eigenvalue weighted by atomic mass is 10.3. The number of rotatable bonds is 1. The first-order valence-corrected chi connectivity index (χ1v) is 3.74. The minimum Gasteiger partial charge on any atom is -0.361 e. The van der Waals surface area contributed by atoms with E-state index in [0.29, 0.717) is 12.3 Å². The van der Waals surface area contributed by atoms with Crippen LogP contribution in [0, 0.1) is 5.92 Å². The van der Waals surface area contributed by atoms with E-state index in [0.717, 1.165) is 12.5 Å². The number of nitrogens with one attached hydrogen (secondary N) is 1. The highest BCUT2D eigenvalue weighted by atomic mass is 35.5. The Hall–Kier alpha value is 0.210. The third-order valence-corrected chi connectivity index (χ3v) is 2.02. The first-order chi connectivity index (χ1) is 4.36. The van der Waals surface area contributed by atoms with Gasteiger partial charge in [-0.1, -0.05) is 0 Å². The average Bonchev–Trinajstić information content (AvgIpc) is 2.58. The van der Waals surface area contributed by atoms with Crippen LogP contribution in [0.4, 0.5) is 0 Å². The van der Waals surface area contributed by atoms with E-state index in [1.165, 1.54) is 12.8 Å². The molecule has 1 saturated heterocycles. The van der Waals surface area contributed by atoms with Gasteiger partial charge >= 0.3 is 0 Å². The molecule has 1 N–H and O–H groups in total. The topological polar surface area (TPSA) is 21.3 Å². The predicted octanol–water partition coefficient (Wildman–Crippen LogP) is 1.15. The van der Waals surface area contributed by atoms with Crippen molar-refractivity contribution in [1.29, 1.82) is 0 Å². The zero-order valence-electron chi connectivity index (χ0n) is 6.17. The van der Waals surface area contributed by atoms with Crippen molar-refractivity contribution in [2.45, 2.75) is 32.0 Å². The average molecular weight is 164 g/mol. The van der Waals surface area contributed by atoms with Gasteiger partial charge in [-0.05, 0) is 25.7 Å². The normalized spacial score (nSPS) is 39.3. The maximum Gasteiger partial charge on any atom is 0.111 e. The zero-order valence-corrected chi connectivity index (χ0v) is 6.99. The molecule has 0 radical (unpaired) electrons. The number of hydrogen-bond acceptors (Lipinski definition) is 2. The SMILES string of the molecule is CC1COC(C2CC2)N1.Cl. The van der Waals surface area contributed by atoms with E-state index in [1.807, 2.05) is 0 Å². The van der Waals surface area contributed by atoms with Gasteiger partial charge in [-0.3, -0.25) is 5.32 Å². The van der Waals surface area contributed by atoms with Crippen LogP contribution in [0.1, 0.15) is 19.8 Å². The first-order valence-electron chi connectivity index (χ1n) is 3.74. The molecule has 1 aliphatic heterocycles. The van der Waals surface area contributed by atoms with Crippen molar-refractivity contribution in [3.05, 3.63) is 0 Å². The fourth-order valence-corrected chi connectivity index (χ4v) is 1.30. The maximum absolute atomic E-state index is 5.48. The summed E-state index contributed by atoms with van der Waals surface area (Å²) >= 11 is 0. The summed E-state index contributed by atoms with van der Waals surface area (Å²) in [5.74, 6) is 0.843. The molecule has 1 aliphatic carbocycles. The molecule has 10 heavy (non-hydrogen) atoms. The van der Waals surface area contributed by atoms with E-state index in [9.17, 15) is 0 Å². The lowest BCUT2D eigenvalue weighted by molar-refractivity contribution is 0.0832. The summed E-state index contributed by atoms with van der Waals surface area (Å²) in [6.07, 6.45) is 3.13. The lowest BCUT2D eigenvalue weighted by Crippen LogP contribution is -2.29. The third-order valence-electron chi connectivity index (χ3n) is 2.02. The fraction of sp³-hybridized carbons (Fsp3) is 1.00. The number of ether oxygens (including phenoxy) is 1. The van der Waals surface area contributed by atoms with Crippen molar-refractivity contribution in [3.63, 3.8) is 0 Å². The summed E-state index contributed by atoms with van der Waals surface area (Å²) in [5.41, 5.74) is 0. The molecule has 0 spiro atoms. The molecule has 0 aromatic carbocycles. The quantitative estimate of drug-likeness (QED) is 0.627. The largest absolute Gasteiger partial charge is 0.361 e. The van der Waals surface area contributed by atoms with Crippen molar-refractivity contribution in [2.75, 3.05) is 6.61 Å². The lowest BCUT2D eigenvalue weighted by Gasteiger charge is -2.06. The van der Waals surface area contributed by atoms with Crippen LogP contribution in [0.15, 0.2) is 0 Å². The van der Waals surface area contributed by atoms with Gasteiger partial charge in [0, 0.05) is 6.04 Å². The van der Waals surface area contributed by atoms with Crippen LogP contribution < -0.4 is 5.32 Å². The second-order valence-electron chi connectivity index (χ2n) is 3.16. The van der Waals surface area contributed by atoms with Gasteiger partial charge in [0.2, 0.25) is 0 Å². The molecule has 2 unspecified atom stereocenters. The molecule has 60 valence electrons. The minimum absolute atomic E-state index is 0. The number of hydrogen-bond donors (Lipinski definition) is 1. The van der Waals surface area contributed by atoms with Gasteiger partial charge in [-0.25, -0.2) is 0 Å². The Morgan fingerprint density at radius 2 is 2.10 bits per heavy atom. The predicted molar refractivity (Wildman–Crippen MR) is 42.3 cm³/mol. The van der Waals surface area contributed by atoms with Crippen LogP contribution in [0.2, 0.25) is 0 Å². The fourth-order valence-electron chi connectivity index (χ4n) is 1.30. The van der Waals surface area contributed by atoms with E-state index in [2.05, 4.69) is 12.2 Å². The van der Waals surface area contributed by atoms with Crippen molar-refractivity contribution >= 4 is 12.4 Å². The van der Waals surface area contributed by atoms with E-state index < -0.39 is 0 Å². The molecule has 2 fully saturated rings. The molecule has 1 heterocycles. The van der Waals surface area contributed by atoms with Crippen molar-refractivity contribution in [1.82, 2.24) is 5.32 Å². The summed E-state index contributed by atoms with van der Waals surface area (Å²) in [5, 5.41) is 3.39. The zero-order chi connectivity index (χ0) is 6.27. The van der Waals surface area contributed by atoms with Crippen LogP contribution in [-0.4, -0.2) is 18.9 Å². The minimum atomic E-state index is 0. The van der Waals surface area contributed by atoms with Crippen LogP contribution >= 0.6 is 12.4 Å². The van der Waals surface area contributed by atoms with Crippen molar-refractivity contribution < 1.29 is 4.74 Å². The second-order valence-corrected chi connectivity index (χ2v) is 3.16. The van der Waals surface area contributed by atoms with Gasteiger partial charge in [-0.15, -0.1) is 12.4 Å². The molecular formula is C7H14ClNO. The monoisotopic (exact) mass is 163 g/mol. The molecule has 0 bridgehead atoms. The van der Waals surface area contributed by atoms with Gasteiger partial charge < -0.3 is 4.74 Å². The Kier molecular flexibility index (Phi) is 2.55. The summed E-state index contributed by atoms with van der Waals surface area (Å²) in [6, 6.07) is 0.579. The van der Waals surface area contributed by atoms with Gasteiger partial charge in [0.05, 0.1) is 6.61 Å². The molecule has 0 amide bonds. The smallest absolute Gasteiger partial charge is 0.111 e. The Bertz CT molecular complexity index is 116. The second kappa shape index (κ2) is 3.07. The summed E-state index contributed by atoms with van der Waals surface area (Å²) in [6.45, 7) is 3.07. The van der Waals surface area contributed by atoms with E-state index in [1.54, 1.807) is 0 Å². The molecule has 2 aliphatic rings. The standard InChI is InChI=1S/C7H13NO.ClH/c1-5-4-9-7(8-5)6-2-3-6;/h5-8H,2-4H2,1H3;1H. The Labute approximate surface area is 67.7 Å². The first kappa shape index (κ1) is 8.31.